The van der Waals surface area contributed by atoms with Crippen molar-refractivity contribution in [2.45, 2.75) is 19.0 Å². The van der Waals surface area contributed by atoms with Crippen LogP contribution in [0.5, 0.6) is 0 Å². The van der Waals surface area contributed by atoms with E-state index in [2.05, 4.69) is 14.7 Å². The molecule has 138 valence electrons. The Bertz CT molecular complexity index is 854. The number of methoxy groups -OCH3 is 1. The fourth-order valence-corrected chi connectivity index (χ4v) is 2.55. The summed E-state index contributed by atoms with van der Waals surface area (Å²) < 4.78 is 42.9. The summed E-state index contributed by atoms with van der Waals surface area (Å²) in [4.78, 5) is 19.9. The van der Waals surface area contributed by atoms with Gasteiger partial charge in [-0.2, -0.15) is 13.2 Å². The van der Waals surface area contributed by atoms with Crippen molar-refractivity contribution < 1.29 is 22.7 Å². The maximum Gasteiger partial charge on any atom is 0.417 e. The van der Waals surface area contributed by atoms with E-state index in [1.165, 1.54) is 6.21 Å². The van der Waals surface area contributed by atoms with Gasteiger partial charge < -0.3 is 4.74 Å². The Kier molecular flexibility index (Phi) is 6.26. The number of ether oxygens (including phenoxy) is 1. The molecule has 0 amide bonds. The van der Waals surface area contributed by atoms with Crippen LogP contribution in [0, 0.1) is 6.92 Å². The average molecular weight is 405 g/mol. The Morgan fingerprint density at radius 2 is 2.00 bits per heavy atom. The minimum atomic E-state index is -4.60. The highest BCUT2D eigenvalue weighted by molar-refractivity contribution is 6.32. The van der Waals surface area contributed by atoms with Gasteiger partial charge in [-0.25, -0.2) is 0 Å². The first-order valence-electron chi connectivity index (χ1n) is 7.25. The molecule has 0 aliphatic heterocycles. The molecule has 0 bridgehead atoms. The molecule has 0 aliphatic rings. The number of alkyl halides is 3. The SMILES string of the molecule is COC(=O)C(C=Nc1cccc(Cl)c1C)c1ncc(C(F)(F)F)cc1Cl. The second-order valence-electron chi connectivity index (χ2n) is 5.25. The van der Waals surface area contributed by atoms with E-state index in [-0.39, 0.29) is 10.7 Å². The maximum absolute atomic E-state index is 12.7. The van der Waals surface area contributed by atoms with Gasteiger partial charge in [0.05, 0.1) is 29.1 Å². The van der Waals surface area contributed by atoms with Crippen molar-refractivity contribution in [1.29, 1.82) is 0 Å². The zero-order valence-electron chi connectivity index (χ0n) is 13.6. The molecule has 26 heavy (non-hydrogen) atoms. The molecule has 2 rings (SSSR count). The topological polar surface area (TPSA) is 51.5 Å². The Morgan fingerprint density at radius 3 is 2.58 bits per heavy atom. The monoisotopic (exact) mass is 404 g/mol. The smallest absolute Gasteiger partial charge is 0.417 e. The minimum absolute atomic E-state index is 0.0880. The predicted octanol–water partition coefficient (Wildman–Crippen LogP) is 5.37. The maximum atomic E-state index is 12.7. The Hall–Kier alpha value is -2.12. The summed E-state index contributed by atoms with van der Waals surface area (Å²) in [7, 11) is 1.14. The van der Waals surface area contributed by atoms with Gasteiger partial charge in [0.1, 0.15) is 5.92 Å². The number of pyridine rings is 1. The van der Waals surface area contributed by atoms with Crippen molar-refractivity contribution in [3.63, 3.8) is 0 Å². The molecule has 0 radical (unpaired) electrons. The fourth-order valence-electron chi connectivity index (χ4n) is 2.09. The normalized spacial score (nSPS) is 13.0. The molecule has 9 heteroatoms. The summed E-state index contributed by atoms with van der Waals surface area (Å²) in [5, 5.41) is 0.171. The van der Waals surface area contributed by atoms with Gasteiger partial charge in [0.2, 0.25) is 0 Å². The number of carbonyl (C=O) groups is 1. The average Bonchev–Trinajstić information content (AvgIpc) is 2.58. The summed E-state index contributed by atoms with van der Waals surface area (Å²) in [5.41, 5.74) is 0.0717. The molecular weight excluding hydrogens is 392 g/mol. The minimum Gasteiger partial charge on any atom is -0.468 e. The molecule has 0 aliphatic carbocycles. The second kappa shape index (κ2) is 8.05. The van der Waals surface area contributed by atoms with Crippen LogP contribution in [0.2, 0.25) is 10.0 Å². The highest BCUT2D eigenvalue weighted by atomic mass is 35.5. The number of hydrogen-bond acceptors (Lipinski definition) is 4. The van der Waals surface area contributed by atoms with E-state index in [1.54, 1.807) is 25.1 Å². The molecule has 1 aromatic carbocycles. The van der Waals surface area contributed by atoms with E-state index < -0.39 is 23.6 Å². The lowest BCUT2D eigenvalue weighted by Gasteiger charge is -2.13. The predicted molar refractivity (Wildman–Crippen MR) is 93.3 cm³/mol. The van der Waals surface area contributed by atoms with Gasteiger partial charge in [-0.1, -0.05) is 29.3 Å². The zero-order chi connectivity index (χ0) is 19.5. The van der Waals surface area contributed by atoms with Crippen LogP contribution >= 0.6 is 23.2 Å². The van der Waals surface area contributed by atoms with E-state index in [4.69, 9.17) is 23.2 Å². The first kappa shape index (κ1) is 20.2. The number of benzene rings is 1. The lowest BCUT2D eigenvalue weighted by Crippen LogP contribution is -2.18. The first-order valence-corrected chi connectivity index (χ1v) is 8.00. The van der Waals surface area contributed by atoms with Crippen LogP contribution in [0.1, 0.15) is 22.7 Å². The van der Waals surface area contributed by atoms with Crippen LogP contribution in [-0.4, -0.2) is 24.3 Å². The van der Waals surface area contributed by atoms with Crippen LogP contribution < -0.4 is 0 Å². The quantitative estimate of drug-likeness (QED) is 0.507. The summed E-state index contributed by atoms with van der Waals surface area (Å²) in [6, 6.07) is 5.74. The van der Waals surface area contributed by atoms with Crippen LogP contribution in [0.3, 0.4) is 0 Å². The van der Waals surface area contributed by atoms with E-state index in [0.717, 1.165) is 7.11 Å². The summed E-state index contributed by atoms with van der Waals surface area (Å²) >= 11 is 11.9. The van der Waals surface area contributed by atoms with Crippen molar-refractivity contribution in [3.8, 4) is 0 Å². The molecule has 0 saturated carbocycles. The van der Waals surface area contributed by atoms with E-state index in [0.29, 0.717) is 28.5 Å². The molecule has 0 spiro atoms. The number of aliphatic imine (C=N–C) groups is 1. The standard InChI is InChI=1S/C17H13Cl2F3N2O2/c1-9-12(18)4-3-5-14(9)23-8-11(16(25)26-2)15-13(19)6-10(7-24-15)17(20,21)22/h3-8,11H,1-2H3. The van der Waals surface area contributed by atoms with Crippen molar-refractivity contribution >= 4 is 41.1 Å². The van der Waals surface area contributed by atoms with Gasteiger partial charge in [-0.3, -0.25) is 14.8 Å². The van der Waals surface area contributed by atoms with Crippen LogP contribution in [-0.2, 0) is 15.7 Å². The molecule has 2 aromatic rings. The third-order valence-electron chi connectivity index (χ3n) is 3.55. The van der Waals surface area contributed by atoms with Gasteiger partial charge in [0, 0.05) is 17.4 Å². The highest BCUT2D eigenvalue weighted by Gasteiger charge is 2.33. The Labute approximate surface area is 157 Å². The van der Waals surface area contributed by atoms with Crippen molar-refractivity contribution in [1.82, 2.24) is 4.98 Å². The Morgan fingerprint density at radius 1 is 1.31 bits per heavy atom. The van der Waals surface area contributed by atoms with E-state index >= 15 is 0 Å². The van der Waals surface area contributed by atoms with Crippen LogP contribution in [0.4, 0.5) is 18.9 Å². The fraction of sp³-hybridized carbons (Fsp3) is 0.235. The van der Waals surface area contributed by atoms with Gasteiger partial charge >= 0.3 is 12.1 Å². The Balaban J connectivity index is 2.44. The highest BCUT2D eigenvalue weighted by Crippen LogP contribution is 2.33. The van der Waals surface area contributed by atoms with Crippen molar-refractivity contribution in [2.75, 3.05) is 7.11 Å². The van der Waals surface area contributed by atoms with E-state index in [9.17, 15) is 18.0 Å². The number of carbonyl (C=O) groups excluding carboxylic acids is 1. The molecule has 0 fully saturated rings. The zero-order valence-corrected chi connectivity index (χ0v) is 15.2. The van der Waals surface area contributed by atoms with Crippen molar-refractivity contribution in [2.24, 2.45) is 4.99 Å². The molecule has 1 heterocycles. The molecule has 0 N–H and O–H groups in total. The number of nitrogens with zero attached hydrogens (tertiary/aromatic N) is 2. The molecular formula is C17H13Cl2F3N2O2. The van der Waals surface area contributed by atoms with Crippen molar-refractivity contribution in [3.05, 3.63) is 57.3 Å². The summed E-state index contributed by atoms with van der Waals surface area (Å²) in [5.74, 6) is -1.93. The number of halogens is 5. The second-order valence-corrected chi connectivity index (χ2v) is 6.07. The van der Waals surface area contributed by atoms with Gasteiger partial charge in [0.25, 0.3) is 0 Å². The molecule has 0 saturated heterocycles. The number of rotatable bonds is 4. The van der Waals surface area contributed by atoms with Crippen LogP contribution in [0.15, 0.2) is 35.5 Å². The van der Waals surface area contributed by atoms with Gasteiger partial charge in [-0.05, 0) is 30.7 Å². The number of hydrogen-bond donors (Lipinski definition) is 0. The molecule has 1 aromatic heterocycles. The number of aromatic nitrogens is 1. The summed E-state index contributed by atoms with van der Waals surface area (Å²) in [6.45, 7) is 1.74. The largest absolute Gasteiger partial charge is 0.468 e. The lowest BCUT2D eigenvalue weighted by atomic mass is 10.1. The van der Waals surface area contributed by atoms with Crippen LogP contribution in [0.25, 0.3) is 0 Å². The third-order valence-corrected chi connectivity index (χ3v) is 4.26. The first-order chi connectivity index (χ1) is 12.1. The van der Waals surface area contributed by atoms with Gasteiger partial charge in [0.15, 0.2) is 0 Å². The van der Waals surface area contributed by atoms with Gasteiger partial charge in [-0.15, -0.1) is 0 Å². The number of esters is 1. The lowest BCUT2D eigenvalue weighted by molar-refractivity contribution is -0.140. The third kappa shape index (κ3) is 4.53. The molecule has 1 atom stereocenters. The van der Waals surface area contributed by atoms with E-state index in [1.807, 2.05) is 0 Å². The summed E-state index contributed by atoms with van der Waals surface area (Å²) in [6.07, 6.45) is -2.77. The molecule has 1 unspecified atom stereocenters. The molecule has 4 nitrogen and oxygen atoms in total.